The van der Waals surface area contributed by atoms with Crippen molar-refractivity contribution in [3.05, 3.63) is 33.7 Å². The average Bonchev–Trinajstić information content (AvgIpc) is 2.09. The van der Waals surface area contributed by atoms with Crippen molar-refractivity contribution < 1.29 is 9.90 Å². The molecular weight excluding hydrogens is 182 g/mol. The third-order valence-corrected chi connectivity index (χ3v) is 1.84. The number of terminal acetylenes is 1. The first-order chi connectivity index (χ1) is 6.56. The van der Waals surface area contributed by atoms with Crippen molar-refractivity contribution in [1.29, 1.82) is 0 Å². The molecule has 1 heterocycles. The molecule has 0 saturated carbocycles. The smallest absolute Gasteiger partial charge is 0.341 e. The maximum Gasteiger partial charge on any atom is 0.341 e. The van der Waals surface area contributed by atoms with Crippen molar-refractivity contribution in [1.82, 2.24) is 4.57 Å². The van der Waals surface area contributed by atoms with Crippen LogP contribution in [0, 0.1) is 19.3 Å². The van der Waals surface area contributed by atoms with Gasteiger partial charge in [-0.2, -0.15) is 0 Å². The van der Waals surface area contributed by atoms with Crippen molar-refractivity contribution in [2.75, 3.05) is 0 Å². The van der Waals surface area contributed by atoms with Gasteiger partial charge in [0.25, 0.3) is 0 Å². The topological polar surface area (TPSA) is 59.3 Å². The Bertz CT molecular complexity index is 465. The minimum atomic E-state index is -1.24. The molecule has 4 nitrogen and oxygen atoms in total. The van der Waals surface area contributed by atoms with Crippen LogP contribution in [0.5, 0.6) is 0 Å². The predicted octanol–water partition coefficient (Wildman–Crippen LogP) is 0.488. The lowest BCUT2D eigenvalue weighted by molar-refractivity contribution is 0.0694. The zero-order valence-corrected chi connectivity index (χ0v) is 7.65. The van der Waals surface area contributed by atoms with Gasteiger partial charge in [-0.25, -0.2) is 4.79 Å². The summed E-state index contributed by atoms with van der Waals surface area (Å²) < 4.78 is 1.55. The van der Waals surface area contributed by atoms with Gasteiger partial charge in [0.15, 0.2) is 5.43 Å². The highest BCUT2D eigenvalue weighted by atomic mass is 16.4. The van der Waals surface area contributed by atoms with E-state index in [0.717, 1.165) is 0 Å². The number of carbonyl (C=O) groups is 1. The van der Waals surface area contributed by atoms with Crippen LogP contribution in [0.3, 0.4) is 0 Å². The van der Waals surface area contributed by atoms with Crippen LogP contribution < -0.4 is 5.43 Å². The molecular formula is C10H9NO3. The number of aromatic carboxylic acids is 1. The van der Waals surface area contributed by atoms with Crippen LogP contribution >= 0.6 is 0 Å². The number of nitrogens with zero attached hydrogens (tertiary/aromatic N) is 1. The van der Waals surface area contributed by atoms with Gasteiger partial charge in [0.2, 0.25) is 0 Å². The second kappa shape index (κ2) is 3.79. The molecule has 1 aromatic rings. The van der Waals surface area contributed by atoms with E-state index in [1.165, 1.54) is 12.3 Å². The van der Waals surface area contributed by atoms with E-state index < -0.39 is 11.4 Å². The van der Waals surface area contributed by atoms with Crippen molar-refractivity contribution in [2.45, 2.75) is 13.5 Å². The lowest BCUT2D eigenvalue weighted by Crippen LogP contribution is -2.18. The Morgan fingerprint density at radius 2 is 2.36 bits per heavy atom. The van der Waals surface area contributed by atoms with Crippen LogP contribution in [-0.2, 0) is 6.54 Å². The normalized spacial score (nSPS) is 9.43. The average molecular weight is 191 g/mol. The fourth-order valence-corrected chi connectivity index (χ4v) is 1.10. The van der Waals surface area contributed by atoms with Gasteiger partial charge in [-0.15, -0.1) is 6.42 Å². The molecule has 4 heteroatoms. The van der Waals surface area contributed by atoms with Gasteiger partial charge >= 0.3 is 5.97 Å². The quantitative estimate of drug-likeness (QED) is 0.692. The number of hydrogen-bond acceptors (Lipinski definition) is 2. The van der Waals surface area contributed by atoms with Crippen LogP contribution in [-0.4, -0.2) is 15.6 Å². The summed E-state index contributed by atoms with van der Waals surface area (Å²) in [5.41, 5.74) is -0.105. The highest BCUT2D eigenvalue weighted by Crippen LogP contribution is 1.98. The highest BCUT2D eigenvalue weighted by Gasteiger charge is 2.09. The molecule has 0 unspecified atom stereocenters. The molecule has 1 aromatic heterocycles. The largest absolute Gasteiger partial charge is 0.477 e. The summed E-state index contributed by atoms with van der Waals surface area (Å²) in [7, 11) is 0. The molecule has 0 fully saturated rings. The van der Waals surface area contributed by atoms with Crippen LogP contribution in [0.1, 0.15) is 16.1 Å². The fourth-order valence-electron chi connectivity index (χ4n) is 1.10. The van der Waals surface area contributed by atoms with E-state index in [2.05, 4.69) is 5.92 Å². The van der Waals surface area contributed by atoms with Gasteiger partial charge in [0, 0.05) is 18.0 Å². The number of carboxylic acids is 1. The van der Waals surface area contributed by atoms with Gasteiger partial charge in [-0.05, 0) is 6.92 Å². The van der Waals surface area contributed by atoms with Crippen LogP contribution in [0.4, 0.5) is 0 Å². The molecule has 1 rings (SSSR count). The standard InChI is InChI=1S/C10H9NO3/c1-3-4-11-6-8(10(13)14)9(12)5-7(11)2/h1,5-6H,4H2,2H3,(H,13,14). The molecule has 0 spiro atoms. The summed E-state index contributed by atoms with van der Waals surface area (Å²) in [6, 6.07) is 1.26. The molecule has 0 aromatic carbocycles. The van der Waals surface area contributed by atoms with E-state index in [-0.39, 0.29) is 12.1 Å². The van der Waals surface area contributed by atoms with Crippen molar-refractivity contribution in [3.63, 3.8) is 0 Å². The Morgan fingerprint density at radius 3 is 2.86 bits per heavy atom. The maximum atomic E-state index is 11.2. The lowest BCUT2D eigenvalue weighted by Gasteiger charge is -2.06. The summed E-state index contributed by atoms with van der Waals surface area (Å²) in [4.78, 5) is 21.8. The molecule has 1 N–H and O–H groups in total. The highest BCUT2D eigenvalue weighted by molar-refractivity contribution is 5.87. The SMILES string of the molecule is C#CCn1cc(C(=O)O)c(=O)cc1C. The summed E-state index contributed by atoms with van der Waals surface area (Å²) >= 11 is 0. The van der Waals surface area contributed by atoms with Crippen LogP contribution in [0.15, 0.2) is 17.1 Å². The second-order valence-electron chi connectivity index (χ2n) is 2.83. The molecule has 0 aliphatic carbocycles. The van der Waals surface area contributed by atoms with E-state index >= 15 is 0 Å². The summed E-state index contributed by atoms with van der Waals surface area (Å²) in [6.45, 7) is 1.96. The maximum absolute atomic E-state index is 11.2. The molecule has 0 atom stereocenters. The number of aromatic nitrogens is 1. The predicted molar refractivity (Wildman–Crippen MR) is 51.2 cm³/mol. The van der Waals surface area contributed by atoms with E-state index in [9.17, 15) is 9.59 Å². The van der Waals surface area contributed by atoms with Gasteiger partial charge in [-0.1, -0.05) is 5.92 Å². The first-order valence-corrected chi connectivity index (χ1v) is 3.94. The van der Waals surface area contributed by atoms with Gasteiger partial charge < -0.3 is 9.67 Å². The van der Waals surface area contributed by atoms with Gasteiger partial charge in [-0.3, -0.25) is 4.79 Å². The van der Waals surface area contributed by atoms with Gasteiger partial charge in [0.1, 0.15) is 5.56 Å². The van der Waals surface area contributed by atoms with E-state index in [1.807, 2.05) is 0 Å². The Hall–Kier alpha value is -2.02. The third-order valence-electron chi connectivity index (χ3n) is 1.84. The summed E-state index contributed by atoms with van der Waals surface area (Å²) in [5.74, 6) is 1.14. The molecule has 0 saturated heterocycles. The summed E-state index contributed by atoms with van der Waals surface area (Å²) in [6.07, 6.45) is 6.36. The number of carboxylic acid groups (broad SMARTS) is 1. The Labute approximate surface area is 80.8 Å². The zero-order valence-electron chi connectivity index (χ0n) is 7.65. The van der Waals surface area contributed by atoms with Crippen molar-refractivity contribution >= 4 is 5.97 Å². The van der Waals surface area contributed by atoms with Crippen molar-refractivity contribution in [2.24, 2.45) is 0 Å². The van der Waals surface area contributed by atoms with E-state index in [0.29, 0.717) is 5.69 Å². The number of rotatable bonds is 2. The second-order valence-corrected chi connectivity index (χ2v) is 2.83. The Balaban J connectivity index is 3.36. The minimum absolute atomic E-state index is 0.256. The monoisotopic (exact) mass is 191 g/mol. The van der Waals surface area contributed by atoms with Crippen LogP contribution in [0.2, 0.25) is 0 Å². The molecule has 0 aliphatic rings. The first-order valence-electron chi connectivity index (χ1n) is 3.94. The van der Waals surface area contributed by atoms with E-state index in [1.54, 1.807) is 11.5 Å². The third kappa shape index (κ3) is 1.83. The molecule has 72 valence electrons. The van der Waals surface area contributed by atoms with Crippen LogP contribution in [0.25, 0.3) is 0 Å². The van der Waals surface area contributed by atoms with Gasteiger partial charge in [0.05, 0.1) is 6.54 Å². The summed E-state index contributed by atoms with van der Waals surface area (Å²) in [5, 5.41) is 8.68. The number of hydrogen-bond donors (Lipinski definition) is 1. The van der Waals surface area contributed by atoms with E-state index in [4.69, 9.17) is 11.5 Å². The number of aryl methyl sites for hydroxylation is 1. The molecule has 0 bridgehead atoms. The minimum Gasteiger partial charge on any atom is -0.477 e. The Morgan fingerprint density at radius 1 is 1.71 bits per heavy atom. The van der Waals surface area contributed by atoms with Crippen molar-refractivity contribution in [3.8, 4) is 12.3 Å². The first kappa shape index (κ1) is 10.1. The molecule has 0 radical (unpaired) electrons. The fraction of sp³-hybridized carbons (Fsp3) is 0.200. The lowest BCUT2D eigenvalue weighted by atomic mass is 10.2. The number of pyridine rings is 1. The molecule has 0 aliphatic heterocycles. The molecule has 14 heavy (non-hydrogen) atoms. The Kier molecular flexibility index (Phi) is 2.73. The zero-order chi connectivity index (χ0) is 10.7. The molecule has 0 amide bonds.